The Morgan fingerprint density at radius 1 is 1.35 bits per heavy atom. The number of aromatic hydroxyl groups is 2. The summed E-state index contributed by atoms with van der Waals surface area (Å²) >= 11 is 0. The summed E-state index contributed by atoms with van der Waals surface area (Å²) in [6.45, 7) is 0. The van der Waals surface area contributed by atoms with Gasteiger partial charge in [0.2, 0.25) is 0 Å². The number of phenols is 2. The molecule has 2 aromatic carbocycles. The number of aromatic nitrogens is 2. The molecule has 1 heterocycles. The highest BCUT2D eigenvalue weighted by atomic mass is 16.5. The van der Waals surface area contributed by atoms with Gasteiger partial charge in [0.1, 0.15) is 11.3 Å². The normalized spacial score (nSPS) is 11.2. The van der Waals surface area contributed by atoms with Gasteiger partial charge in [-0.05, 0) is 12.1 Å². The van der Waals surface area contributed by atoms with Crippen molar-refractivity contribution in [2.24, 2.45) is 4.99 Å². The fraction of sp³-hybridized carbons (Fsp3) is 0.167. The number of methoxy groups -OCH3 is 1. The van der Waals surface area contributed by atoms with Crippen molar-refractivity contribution in [3.63, 3.8) is 0 Å². The second kappa shape index (κ2) is 7.14. The van der Waals surface area contributed by atoms with Crippen LogP contribution in [0.3, 0.4) is 0 Å². The van der Waals surface area contributed by atoms with Crippen molar-refractivity contribution in [2.75, 3.05) is 19.1 Å². The van der Waals surface area contributed by atoms with Crippen LogP contribution in [0.2, 0.25) is 0 Å². The maximum atomic E-state index is 11.0. The lowest BCUT2D eigenvalue weighted by atomic mass is 10.1. The molecule has 0 atom stereocenters. The molecule has 0 aliphatic heterocycles. The number of ether oxygens (including phenoxy) is 1. The van der Waals surface area contributed by atoms with Crippen LogP contribution in [-0.4, -0.2) is 46.9 Å². The number of carbonyl (C=O) groups excluding carboxylic acids is 1. The van der Waals surface area contributed by atoms with E-state index in [1.54, 1.807) is 11.9 Å². The minimum atomic E-state index is -0.715. The SMILES string of the molecule is COC(=O)/N=C/Cc1[nH]nc2c(O)c(N(C)c3ccccc3)cc(O)c12. The van der Waals surface area contributed by atoms with E-state index >= 15 is 0 Å². The molecule has 0 aliphatic carbocycles. The van der Waals surface area contributed by atoms with Crippen LogP contribution in [0.5, 0.6) is 11.5 Å². The maximum Gasteiger partial charge on any atom is 0.432 e. The molecule has 8 heteroatoms. The lowest BCUT2D eigenvalue weighted by molar-refractivity contribution is 0.182. The fourth-order valence-corrected chi connectivity index (χ4v) is 2.67. The van der Waals surface area contributed by atoms with Crippen LogP contribution < -0.4 is 4.90 Å². The number of aliphatic imine (C=N–C) groups is 1. The number of para-hydroxylation sites is 1. The zero-order valence-electron chi connectivity index (χ0n) is 14.3. The summed E-state index contributed by atoms with van der Waals surface area (Å²) in [4.78, 5) is 16.4. The Morgan fingerprint density at radius 2 is 2.08 bits per heavy atom. The van der Waals surface area contributed by atoms with Gasteiger partial charge in [-0.2, -0.15) is 10.1 Å². The minimum Gasteiger partial charge on any atom is -0.507 e. The molecule has 8 nitrogen and oxygen atoms in total. The molecule has 0 aliphatic rings. The quantitative estimate of drug-likeness (QED) is 0.490. The topological polar surface area (TPSA) is 111 Å². The summed E-state index contributed by atoms with van der Waals surface area (Å²) in [7, 11) is 3.02. The first kappa shape index (κ1) is 17.3. The molecule has 0 fully saturated rings. The average molecular weight is 354 g/mol. The Bertz CT molecular complexity index is 966. The number of hydrogen-bond donors (Lipinski definition) is 3. The predicted octanol–water partition coefficient (Wildman–Crippen LogP) is 3.12. The summed E-state index contributed by atoms with van der Waals surface area (Å²) in [5.41, 5.74) is 2.03. The number of carbonyl (C=O) groups is 1. The van der Waals surface area contributed by atoms with Crippen molar-refractivity contribution < 1.29 is 19.7 Å². The molecule has 0 saturated heterocycles. The molecular weight excluding hydrogens is 336 g/mol. The smallest absolute Gasteiger partial charge is 0.432 e. The van der Waals surface area contributed by atoms with Gasteiger partial charge >= 0.3 is 6.09 Å². The Hall–Kier alpha value is -3.55. The molecule has 134 valence electrons. The number of benzene rings is 2. The number of nitrogens with one attached hydrogen (secondary N) is 1. The lowest BCUT2D eigenvalue weighted by Gasteiger charge is -2.21. The highest BCUT2D eigenvalue weighted by molar-refractivity contribution is 5.98. The van der Waals surface area contributed by atoms with Crippen molar-refractivity contribution >= 4 is 34.6 Å². The van der Waals surface area contributed by atoms with Crippen molar-refractivity contribution in [1.29, 1.82) is 0 Å². The van der Waals surface area contributed by atoms with Crippen LogP contribution >= 0.6 is 0 Å². The van der Waals surface area contributed by atoms with Crippen molar-refractivity contribution in [1.82, 2.24) is 10.2 Å². The third kappa shape index (κ3) is 3.16. The molecule has 0 radical (unpaired) electrons. The van der Waals surface area contributed by atoms with Gasteiger partial charge in [0.25, 0.3) is 0 Å². The molecule has 0 saturated carbocycles. The summed E-state index contributed by atoms with van der Waals surface area (Å²) in [6.07, 6.45) is 0.846. The van der Waals surface area contributed by atoms with Gasteiger partial charge in [0.15, 0.2) is 5.75 Å². The van der Waals surface area contributed by atoms with Crippen LogP contribution in [-0.2, 0) is 11.2 Å². The Labute approximate surface area is 149 Å². The highest BCUT2D eigenvalue weighted by Crippen LogP contribution is 2.42. The standard InChI is InChI=1S/C18H18N4O4/c1-22(11-6-4-3-5-7-11)13-10-14(23)15-12(8-9-19-18(25)26-2)20-21-16(15)17(13)24/h3-7,9-10,23-24H,8H2,1-2H3,(H,20,21)/b19-9+. The second-order valence-electron chi connectivity index (χ2n) is 5.57. The highest BCUT2D eigenvalue weighted by Gasteiger charge is 2.20. The maximum absolute atomic E-state index is 11.0. The summed E-state index contributed by atoms with van der Waals surface area (Å²) < 4.78 is 4.43. The van der Waals surface area contributed by atoms with Crippen LogP contribution in [0, 0.1) is 0 Å². The molecule has 26 heavy (non-hydrogen) atoms. The van der Waals surface area contributed by atoms with Gasteiger partial charge in [-0.3, -0.25) is 5.10 Å². The number of phenolic OH excluding ortho intramolecular Hbond substituents is 2. The van der Waals surface area contributed by atoms with Crippen molar-refractivity contribution in [2.45, 2.75) is 6.42 Å². The third-order valence-electron chi connectivity index (χ3n) is 4.01. The van der Waals surface area contributed by atoms with Gasteiger partial charge in [-0.15, -0.1) is 0 Å². The molecule has 3 rings (SSSR count). The molecule has 0 spiro atoms. The molecule has 0 bridgehead atoms. The summed E-state index contributed by atoms with van der Waals surface area (Å²) in [5.74, 6) is -0.0950. The fourth-order valence-electron chi connectivity index (χ4n) is 2.67. The van der Waals surface area contributed by atoms with Gasteiger partial charge in [0, 0.05) is 31.4 Å². The number of H-pyrrole nitrogens is 1. The number of aromatic amines is 1. The lowest BCUT2D eigenvalue weighted by Crippen LogP contribution is -2.09. The van der Waals surface area contributed by atoms with E-state index < -0.39 is 6.09 Å². The van der Waals surface area contributed by atoms with Gasteiger partial charge in [0.05, 0.1) is 23.9 Å². The van der Waals surface area contributed by atoms with Gasteiger partial charge in [-0.1, -0.05) is 18.2 Å². The van der Waals surface area contributed by atoms with E-state index in [0.717, 1.165) is 5.69 Å². The Kier molecular flexibility index (Phi) is 4.74. The first-order valence-electron chi connectivity index (χ1n) is 7.84. The Morgan fingerprint density at radius 3 is 2.77 bits per heavy atom. The number of rotatable bonds is 4. The number of amides is 1. The van der Waals surface area contributed by atoms with Crippen LogP contribution in [0.25, 0.3) is 10.9 Å². The second-order valence-corrected chi connectivity index (χ2v) is 5.57. The van der Waals surface area contributed by atoms with E-state index in [4.69, 9.17) is 0 Å². The number of hydrogen-bond acceptors (Lipinski definition) is 6. The predicted molar refractivity (Wildman–Crippen MR) is 98.5 cm³/mol. The molecule has 1 amide bonds. The zero-order chi connectivity index (χ0) is 18.7. The number of anilines is 2. The van der Waals surface area contributed by atoms with E-state index in [2.05, 4.69) is 19.9 Å². The number of nitrogens with zero attached hydrogens (tertiary/aromatic N) is 3. The van der Waals surface area contributed by atoms with Gasteiger partial charge in [-0.25, -0.2) is 4.79 Å². The molecule has 1 aromatic heterocycles. The van der Waals surface area contributed by atoms with E-state index in [0.29, 0.717) is 16.8 Å². The molecule has 3 aromatic rings. The molecular formula is C18H18N4O4. The summed E-state index contributed by atoms with van der Waals surface area (Å²) in [6, 6.07) is 10.9. The van der Waals surface area contributed by atoms with Crippen molar-refractivity contribution in [3.05, 3.63) is 42.1 Å². The van der Waals surface area contributed by atoms with Crippen molar-refractivity contribution in [3.8, 4) is 11.5 Å². The first-order chi connectivity index (χ1) is 12.5. The molecule has 3 N–H and O–H groups in total. The number of fused-ring (bicyclic) bond motifs is 1. The molecule has 0 unspecified atom stereocenters. The first-order valence-corrected chi connectivity index (χ1v) is 7.84. The third-order valence-corrected chi connectivity index (χ3v) is 4.01. The van der Waals surface area contributed by atoms with Crippen LogP contribution in [0.1, 0.15) is 5.69 Å². The average Bonchev–Trinajstić information content (AvgIpc) is 3.09. The summed E-state index contributed by atoms with van der Waals surface area (Å²) in [5, 5.41) is 28.3. The van der Waals surface area contributed by atoms with E-state index in [1.807, 2.05) is 30.3 Å². The minimum absolute atomic E-state index is 0.0363. The van der Waals surface area contributed by atoms with E-state index in [-0.39, 0.29) is 23.4 Å². The Balaban J connectivity index is 1.99. The van der Waals surface area contributed by atoms with Crippen LogP contribution in [0.4, 0.5) is 16.2 Å². The van der Waals surface area contributed by atoms with E-state index in [1.165, 1.54) is 19.4 Å². The van der Waals surface area contributed by atoms with Gasteiger partial charge < -0.3 is 19.8 Å². The van der Waals surface area contributed by atoms with Crippen LogP contribution in [0.15, 0.2) is 41.4 Å². The van der Waals surface area contributed by atoms with E-state index in [9.17, 15) is 15.0 Å². The monoisotopic (exact) mass is 354 g/mol. The largest absolute Gasteiger partial charge is 0.507 e. The zero-order valence-corrected chi connectivity index (χ0v) is 14.3.